The molecule has 0 radical (unpaired) electrons. The smallest absolute Gasteiger partial charge is 0.239 e. The second-order valence-corrected chi connectivity index (χ2v) is 9.68. The van der Waals surface area contributed by atoms with Crippen molar-refractivity contribution in [3.8, 4) is 28.6 Å². The van der Waals surface area contributed by atoms with Crippen molar-refractivity contribution in [3.63, 3.8) is 0 Å². The van der Waals surface area contributed by atoms with Crippen LogP contribution in [0.25, 0.3) is 17.1 Å². The fourth-order valence-electron chi connectivity index (χ4n) is 4.22. The Labute approximate surface area is 208 Å². The Morgan fingerprint density at radius 1 is 1.09 bits per heavy atom. The number of nitrogens with one attached hydrogen (secondary N) is 1. The number of fused-ring (bicyclic) bond motifs is 1. The van der Waals surface area contributed by atoms with Gasteiger partial charge in [-0.15, -0.1) is 10.2 Å². The molecule has 0 saturated carbocycles. The summed E-state index contributed by atoms with van der Waals surface area (Å²) in [5, 5.41) is 13.8. The number of rotatable bonds is 9. The zero-order valence-electron chi connectivity index (χ0n) is 20.2. The molecule has 0 fully saturated rings. The summed E-state index contributed by atoms with van der Waals surface area (Å²) in [7, 11) is 3.29. The highest BCUT2D eigenvalue weighted by Crippen LogP contribution is 2.39. The van der Waals surface area contributed by atoms with Crippen LogP contribution in [-0.4, -0.2) is 54.0 Å². The van der Waals surface area contributed by atoms with Crippen LogP contribution in [0, 0.1) is 6.92 Å². The first-order chi connectivity index (χ1) is 17.1. The van der Waals surface area contributed by atoms with Gasteiger partial charge < -0.3 is 9.47 Å². The largest absolute Gasteiger partial charge is 0.494 e. The molecule has 4 aromatic rings. The average Bonchev–Trinajstić information content (AvgIpc) is 3.59. The molecule has 35 heavy (non-hydrogen) atoms. The molecule has 1 N–H and O–H groups in total. The summed E-state index contributed by atoms with van der Waals surface area (Å²) in [5.74, 6) is 3.38. The van der Waals surface area contributed by atoms with E-state index in [2.05, 4.69) is 36.9 Å². The zero-order chi connectivity index (χ0) is 24.4. The van der Waals surface area contributed by atoms with Crippen molar-refractivity contribution in [2.24, 2.45) is 0 Å². The number of ether oxygens (including phenoxy) is 2. The van der Waals surface area contributed by atoms with Gasteiger partial charge in [-0.3, -0.25) is 14.0 Å². The second-order valence-electron chi connectivity index (χ2n) is 8.44. The van der Waals surface area contributed by atoms with Crippen molar-refractivity contribution in [1.29, 1.82) is 0 Å². The quantitative estimate of drug-likeness (QED) is 0.348. The van der Waals surface area contributed by atoms with Gasteiger partial charge in [-0.1, -0.05) is 13.0 Å². The minimum atomic E-state index is 0.186. The van der Waals surface area contributed by atoms with Gasteiger partial charge in [0.05, 0.1) is 26.0 Å². The molecule has 182 valence electrons. The van der Waals surface area contributed by atoms with Crippen LogP contribution in [-0.2, 0) is 19.4 Å². The van der Waals surface area contributed by atoms with Gasteiger partial charge in [-0.25, -0.2) is 9.97 Å². The van der Waals surface area contributed by atoms with Crippen LogP contribution in [0.15, 0.2) is 36.8 Å². The number of hydrogen-bond acceptors (Lipinski definition) is 9. The molecule has 4 heterocycles. The minimum Gasteiger partial charge on any atom is -0.494 e. The van der Waals surface area contributed by atoms with Gasteiger partial charge in [0.1, 0.15) is 23.0 Å². The second kappa shape index (κ2) is 9.95. The molecule has 1 aliphatic rings. The van der Waals surface area contributed by atoms with Crippen LogP contribution < -0.4 is 14.2 Å². The average molecular weight is 493 g/mol. The van der Waals surface area contributed by atoms with E-state index in [4.69, 9.17) is 9.47 Å². The molecule has 0 spiro atoms. The van der Waals surface area contributed by atoms with Crippen LogP contribution in [0.2, 0.25) is 0 Å². The molecule has 5 rings (SSSR count). The molecule has 0 bridgehead atoms. The number of aromatic nitrogens is 7. The van der Waals surface area contributed by atoms with Crippen LogP contribution in [0.3, 0.4) is 0 Å². The van der Waals surface area contributed by atoms with Gasteiger partial charge in [-0.05, 0) is 49.4 Å². The standard InChI is InChI=1S/C24H28N8O2S/c1-15-12-25-21(26-13-15)11-16(2)35-30-24-29-28-23(17-14-27-31-10-6-7-18(17)31)32(24)22-19(33-3)8-5-9-20(22)34-4/h5,8-9,12-14,16H,6-7,10-11H2,1-4H3,(H,29,30). The van der Waals surface area contributed by atoms with Crippen LogP contribution >= 0.6 is 11.9 Å². The fourth-order valence-corrected chi connectivity index (χ4v) is 4.89. The number of nitrogens with zero attached hydrogens (tertiary/aromatic N) is 7. The van der Waals surface area contributed by atoms with Gasteiger partial charge in [-0.2, -0.15) is 5.10 Å². The number of hydrogen-bond donors (Lipinski definition) is 1. The van der Waals surface area contributed by atoms with E-state index in [-0.39, 0.29) is 5.25 Å². The molecule has 0 aliphatic carbocycles. The lowest BCUT2D eigenvalue weighted by Crippen LogP contribution is -2.11. The predicted octanol–water partition coefficient (Wildman–Crippen LogP) is 3.88. The molecule has 1 aliphatic heterocycles. The van der Waals surface area contributed by atoms with Crippen molar-refractivity contribution in [1.82, 2.24) is 34.5 Å². The van der Waals surface area contributed by atoms with Gasteiger partial charge in [0, 0.05) is 36.3 Å². The van der Waals surface area contributed by atoms with E-state index in [1.165, 1.54) is 0 Å². The van der Waals surface area contributed by atoms with E-state index >= 15 is 0 Å². The van der Waals surface area contributed by atoms with Crippen LogP contribution in [0.1, 0.15) is 30.4 Å². The highest BCUT2D eigenvalue weighted by molar-refractivity contribution is 8.01. The Hall–Kier alpha value is -3.60. The first kappa shape index (κ1) is 23.2. The van der Waals surface area contributed by atoms with Crippen molar-refractivity contribution in [3.05, 3.63) is 53.9 Å². The predicted molar refractivity (Wildman–Crippen MR) is 135 cm³/mol. The Balaban J connectivity index is 1.51. The number of aryl methyl sites for hydroxylation is 2. The highest BCUT2D eigenvalue weighted by Gasteiger charge is 2.27. The van der Waals surface area contributed by atoms with E-state index in [9.17, 15) is 0 Å². The third-order valence-corrected chi connectivity index (χ3v) is 6.79. The number of methoxy groups -OCH3 is 2. The lowest BCUT2D eigenvalue weighted by atomic mass is 10.1. The monoisotopic (exact) mass is 492 g/mol. The lowest BCUT2D eigenvalue weighted by molar-refractivity contribution is 0.391. The molecule has 1 atom stereocenters. The maximum Gasteiger partial charge on any atom is 0.239 e. The van der Waals surface area contributed by atoms with Crippen molar-refractivity contribution < 1.29 is 9.47 Å². The van der Waals surface area contributed by atoms with Crippen molar-refractivity contribution >= 4 is 17.9 Å². The number of anilines is 1. The molecule has 1 unspecified atom stereocenters. The summed E-state index contributed by atoms with van der Waals surface area (Å²) >= 11 is 1.54. The lowest BCUT2D eigenvalue weighted by Gasteiger charge is -2.18. The Kier molecular flexibility index (Phi) is 6.58. The van der Waals surface area contributed by atoms with Crippen LogP contribution in [0.5, 0.6) is 11.5 Å². The number of para-hydroxylation sites is 1. The summed E-state index contributed by atoms with van der Waals surface area (Å²) in [6.45, 7) is 5.02. The summed E-state index contributed by atoms with van der Waals surface area (Å²) in [4.78, 5) is 8.85. The molecule has 0 saturated heterocycles. The summed E-state index contributed by atoms with van der Waals surface area (Å²) in [6.07, 6.45) is 8.29. The molecular weight excluding hydrogens is 464 g/mol. The fraction of sp³-hybridized carbons (Fsp3) is 0.375. The maximum atomic E-state index is 5.72. The summed E-state index contributed by atoms with van der Waals surface area (Å²) in [5.41, 5.74) is 3.90. The highest BCUT2D eigenvalue weighted by atomic mass is 32.2. The SMILES string of the molecule is COc1cccc(OC)c1-n1c(NSC(C)Cc2ncc(C)cn2)nnc1-c1cnn2c1CCC2. The topological polar surface area (TPSA) is 105 Å². The molecular formula is C24H28N8O2S. The van der Waals surface area contributed by atoms with E-state index in [0.29, 0.717) is 29.7 Å². The van der Waals surface area contributed by atoms with Gasteiger partial charge >= 0.3 is 0 Å². The Bertz CT molecular complexity index is 1300. The molecule has 0 amide bonds. The third kappa shape index (κ3) is 4.55. The third-order valence-electron chi connectivity index (χ3n) is 5.92. The summed E-state index contributed by atoms with van der Waals surface area (Å²) in [6, 6.07) is 5.70. The van der Waals surface area contributed by atoms with E-state index in [1.54, 1.807) is 26.2 Å². The van der Waals surface area contributed by atoms with Crippen LogP contribution in [0.4, 0.5) is 5.95 Å². The van der Waals surface area contributed by atoms with E-state index in [1.807, 2.05) is 53.0 Å². The maximum absolute atomic E-state index is 5.72. The Morgan fingerprint density at radius 2 is 1.83 bits per heavy atom. The first-order valence-corrected chi connectivity index (χ1v) is 12.4. The molecule has 1 aromatic carbocycles. The number of benzene rings is 1. The molecule has 11 heteroatoms. The first-order valence-electron chi connectivity index (χ1n) is 11.5. The van der Waals surface area contributed by atoms with Crippen molar-refractivity contribution in [2.45, 2.75) is 44.9 Å². The molecule has 3 aromatic heterocycles. The van der Waals surface area contributed by atoms with Gasteiger partial charge in [0.2, 0.25) is 5.95 Å². The minimum absolute atomic E-state index is 0.186. The zero-order valence-corrected chi connectivity index (χ0v) is 21.0. The molecule has 10 nitrogen and oxygen atoms in total. The normalized spacial score (nSPS) is 13.5. The Morgan fingerprint density at radius 3 is 2.54 bits per heavy atom. The van der Waals surface area contributed by atoms with E-state index in [0.717, 1.165) is 47.7 Å². The summed E-state index contributed by atoms with van der Waals surface area (Å²) < 4.78 is 18.8. The van der Waals surface area contributed by atoms with Gasteiger partial charge in [0.15, 0.2) is 5.82 Å². The van der Waals surface area contributed by atoms with E-state index < -0.39 is 0 Å². The van der Waals surface area contributed by atoms with Gasteiger partial charge in [0.25, 0.3) is 0 Å². The van der Waals surface area contributed by atoms with Crippen molar-refractivity contribution in [2.75, 3.05) is 18.9 Å².